The van der Waals surface area contributed by atoms with Crippen LogP contribution in [0, 0.1) is 46.3 Å². The summed E-state index contributed by atoms with van der Waals surface area (Å²) in [5.41, 5.74) is 1.18. The molecular formula is C20H34BCl. The van der Waals surface area contributed by atoms with E-state index in [1.807, 2.05) is 0 Å². The molecule has 0 unspecified atom stereocenters. The second-order valence-electron chi connectivity index (χ2n) is 10.7. The van der Waals surface area contributed by atoms with Crippen LogP contribution in [0.25, 0.3) is 0 Å². The van der Waals surface area contributed by atoms with Gasteiger partial charge in [0.25, 0.3) is 6.13 Å². The molecular weight excluding hydrogens is 286 g/mol. The Hall–Kier alpha value is 0.355. The van der Waals surface area contributed by atoms with E-state index < -0.39 is 0 Å². The maximum atomic E-state index is 7.19. The molecule has 6 aliphatic carbocycles. The van der Waals surface area contributed by atoms with Gasteiger partial charge in [0, 0.05) is 0 Å². The Morgan fingerprint density at radius 1 is 0.727 bits per heavy atom. The molecule has 6 saturated carbocycles. The zero-order valence-corrected chi connectivity index (χ0v) is 16.2. The Morgan fingerprint density at radius 3 is 1.36 bits per heavy atom. The van der Waals surface area contributed by atoms with Gasteiger partial charge >= 0.3 is 0 Å². The van der Waals surface area contributed by atoms with Crippen LogP contribution >= 0.6 is 11.5 Å². The van der Waals surface area contributed by atoms with E-state index in [2.05, 4.69) is 41.5 Å². The van der Waals surface area contributed by atoms with Gasteiger partial charge in [-0.3, -0.25) is 0 Å². The van der Waals surface area contributed by atoms with Crippen LogP contribution in [0.4, 0.5) is 0 Å². The summed E-state index contributed by atoms with van der Waals surface area (Å²) in [5, 5.41) is 0. The summed E-state index contributed by atoms with van der Waals surface area (Å²) >= 11 is 7.19. The lowest BCUT2D eigenvalue weighted by molar-refractivity contribution is -0.106. The van der Waals surface area contributed by atoms with Crippen LogP contribution in [0.1, 0.15) is 67.2 Å². The van der Waals surface area contributed by atoms with Gasteiger partial charge in [0.1, 0.15) is 0 Å². The number of rotatable bonds is 2. The van der Waals surface area contributed by atoms with Gasteiger partial charge in [0.2, 0.25) is 0 Å². The summed E-state index contributed by atoms with van der Waals surface area (Å²) in [6.07, 6.45) is 6.20. The predicted molar refractivity (Wildman–Crippen MR) is 97.4 cm³/mol. The third-order valence-electron chi connectivity index (χ3n) is 9.64. The molecule has 6 aliphatic rings. The van der Waals surface area contributed by atoms with Crippen molar-refractivity contribution in [3.05, 3.63) is 0 Å². The van der Waals surface area contributed by atoms with E-state index in [9.17, 15) is 0 Å². The molecule has 22 heavy (non-hydrogen) atoms. The molecule has 0 aromatic rings. The number of halogens is 1. The molecule has 0 aromatic carbocycles. The topological polar surface area (TPSA) is 0 Å². The first kappa shape index (κ1) is 15.9. The van der Waals surface area contributed by atoms with E-state index in [1.54, 1.807) is 0 Å². The van der Waals surface area contributed by atoms with Crippen molar-refractivity contribution in [2.45, 2.75) is 78.9 Å². The van der Waals surface area contributed by atoms with Crippen molar-refractivity contribution in [2.24, 2.45) is 46.3 Å². The standard InChI is InChI=1S/C20H34BCl/c1-11-15-7-13(19(15,3)4)9-17(11)21(22)18-10-14-8-16(12(18)2)20(14,5)6/h11-18H,7-10H2,1-6H3/t11-,12-,13-,14+,15-,16-,17+,18-/m0/s1. The monoisotopic (exact) mass is 320 g/mol. The first-order valence-corrected chi connectivity index (χ1v) is 10.2. The quantitative estimate of drug-likeness (QED) is 0.519. The molecule has 0 saturated heterocycles. The number of hydrogen-bond donors (Lipinski definition) is 0. The summed E-state index contributed by atoms with van der Waals surface area (Å²) in [5.74, 6) is 7.00. The van der Waals surface area contributed by atoms with Crippen LogP contribution in [0.3, 0.4) is 0 Å². The molecule has 0 aliphatic heterocycles. The van der Waals surface area contributed by atoms with Crippen LogP contribution in [0.15, 0.2) is 0 Å². The van der Waals surface area contributed by atoms with Crippen molar-refractivity contribution in [1.29, 1.82) is 0 Å². The van der Waals surface area contributed by atoms with Crippen molar-refractivity contribution in [1.82, 2.24) is 0 Å². The summed E-state index contributed by atoms with van der Waals surface area (Å²) in [6.45, 7) is 15.0. The lowest BCUT2D eigenvalue weighted by atomic mass is 9.30. The number of hydrogen-bond acceptors (Lipinski definition) is 0. The third kappa shape index (κ3) is 1.84. The molecule has 0 amide bonds. The van der Waals surface area contributed by atoms with Crippen molar-refractivity contribution < 1.29 is 0 Å². The van der Waals surface area contributed by atoms with Crippen LogP contribution in [-0.2, 0) is 0 Å². The minimum atomic E-state index is 0.438. The van der Waals surface area contributed by atoms with Crippen LogP contribution < -0.4 is 0 Å². The Bertz CT molecular complexity index is 428. The molecule has 6 rings (SSSR count). The Morgan fingerprint density at radius 2 is 1.09 bits per heavy atom. The Kier molecular flexibility index (Phi) is 3.39. The molecule has 0 spiro atoms. The van der Waals surface area contributed by atoms with Crippen molar-refractivity contribution in [2.75, 3.05) is 0 Å². The highest BCUT2D eigenvalue weighted by Crippen LogP contribution is 2.69. The third-order valence-corrected chi connectivity index (χ3v) is 10.3. The van der Waals surface area contributed by atoms with Gasteiger partial charge in [-0.1, -0.05) is 54.4 Å². The summed E-state index contributed by atoms with van der Waals surface area (Å²) in [7, 11) is 0. The van der Waals surface area contributed by atoms with Crippen LogP contribution in [0.5, 0.6) is 0 Å². The van der Waals surface area contributed by atoms with Crippen LogP contribution in [-0.4, -0.2) is 6.13 Å². The molecule has 0 radical (unpaired) electrons. The highest BCUT2D eigenvalue weighted by atomic mass is 35.5. The Labute approximate surface area is 143 Å². The van der Waals surface area contributed by atoms with Gasteiger partial charge < -0.3 is 0 Å². The molecule has 0 nitrogen and oxygen atoms in total. The second kappa shape index (κ2) is 4.71. The maximum Gasteiger partial charge on any atom is 0.257 e. The summed E-state index contributed by atoms with van der Waals surface area (Å²) in [4.78, 5) is 0. The molecule has 6 fully saturated rings. The van der Waals surface area contributed by atoms with Gasteiger partial charge in [-0.25, -0.2) is 0 Å². The van der Waals surface area contributed by atoms with Gasteiger partial charge in [-0.2, -0.15) is 11.5 Å². The van der Waals surface area contributed by atoms with E-state index in [-0.39, 0.29) is 0 Å². The molecule has 124 valence electrons. The Balaban J connectivity index is 1.49. The van der Waals surface area contributed by atoms with E-state index in [1.165, 1.54) is 25.7 Å². The maximum absolute atomic E-state index is 7.19. The largest absolute Gasteiger partial charge is 0.257 e. The zero-order valence-electron chi connectivity index (χ0n) is 15.4. The SMILES string of the molecule is C[C@@H]1[C@@H](B(Cl)[C@@H]2C[C@@H]3C[C@@H]([C@@H]2C)C3(C)C)C[C@H]2C[C@@H]1C2(C)C. The average Bonchev–Trinajstić information content (AvgIpc) is 2.45. The van der Waals surface area contributed by atoms with Crippen molar-refractivity contribution in [3.63, 3.8) is 0 Å². The normalized spacial score (nSPS) is 54.1. The molecule has 8 atom stereocenters. The first-order chi connectivity index (χ1) is 10.2. The van der Waals surface area contributed by atoms with Crippen molar-refractivity contribution in [3.8, 4) is 0 Å². The fraction of sp³-hybridized carbons (Fsp3) is 1.00. The van der Waals surface area contributed by atoms with E-state index in [0.717, 1.165) is 47.1 Å². The molecule has 0 heterocycles. The van der Waals surface area contributed by atoms with Gasteiger partial charge in [-0.05, 0) is 70.8 Å². The highest BCUT2D eigenvalue weighted by Gasteiger charge is 2.62. The van der Waals surface area contributed by atoms with Crippen LogP contribution in [0.2, 0.25) is 11.6 Å². The lowest BCUT2D eigenvalue weighted by Crippen LogP contribution is -2.58. The molecule has 0 aromatic heterocycles. The fourth-order valence-electron chi connectivity index (χ4n) is 7.54. The lowest BCUT2D eigenvalue weighted by Gasteiger charge is -2.65. The van der Waals surface area contributed by atoms with Gasteiger partial charge in [0.15, 0.2) is 0 Å². The second-order valence-corrected chi connectivity index (χ2v) is 11.2. The summed E-state index contributed by atoms with van der Waals surface area (Å²) < 4.78 is 0. The fourth-order valence-corrected chi connectivity index (χ4v) is 8.20. The van der Waals surface area contributed by atoms with Gasteiger partial charge in [0.05, 0.1) is 0 Å². The number of fused-ring (bicyclic) bond motifs is 4. The predicted octanol–water partition coefficient (Wildman–Crippen LogP) is 6.36. The van der Waals surface area contributed by atoms with Gasteiger partial charge in [-0.15, -0.1) is 0 Å². The van der Waals surface area contributed by atoms with E-state index in [0.29, 0.717) is 17.0 Å². The highest BCUT2D eigenvalue weighted by molar-refractivity contribution is 7.08. The minimum absolute atomic E-state index is 0.438. The average molecular weight is 321 g/mol. The first-order valence-electron chi connectivity index (χ1n) is 9.79. The van der Waals surface area contributed by atoms with E-state index >= 15 is 0 Å². The minimum Gasteiger partial charge on any atom is -0.195 e. The molecule has 2 heteroatoms. The molecule has 4 bridgehead atoms. The zero-order chi connectivity index (χ0) is 16.0. The van der Waals surface area contributed by atoms with E-state index in [4.69, 9.17) is 11.5 Å². The molecule has 0 N–H and O–H groups in total. The van der Waals surface area contributed by atoms with Crippen molar-refractivity contribution >= 4 is 17.6 Å². The summed E-state index contributed by atoms with van der Waals surface area (Å²) in [6, 6.07) is 0. The smallest absolute Gasteiger partial charge is 0.195 e.